The van der Waals surface area contributed by atoms with Crippen molar-refractivity contribution in [3.05, 3.63) is 69.2 Å². The average Bonchev–Trinajstić information content (AvgIpc) is 2.26. The molecule has 0 aliphatic carbocycles. The largest absolute Gasteiger partial charge is 0.384 e. The van der Waals surface area contributed by atoms with Crippen LogP contribution in [0.25, 0.3) is 0 Å². The summed E-state index contributed by atoms with van der Waals surface area (Å²) in [5.74, 6) is 0. The van der Waals surface area contributed by atoms with Gasteiger partial charge >= 0.3 is 0 Å². The first-order valence-corrected chi connectivity index (χ1v) is 6.37. The van der Waals surface area contributed by atoms with Gasteiger partial charge in [-0.25, -0.2) is 0 Å². The molecule has 17 heavy (non-hydrogen) atoms. The maximum atomic E-state index is 10.3. The second kappa shape index (κ2) is 5.03. The lowest BCUT2D eigenvalue weighted by molar-refractivity contribution is 0.220. The number of hydrogen-bond donors (Lipinski definition) is 1. The smallest absolute Gasteiger partial charge is 0.104 e. The number of aliphatic hydroxyl groups excluding tert-OH is 1. The first-order chi connectivity index (χ1) is 8.06. The maximum absolute atomic E-state index is 10.3. The molecule has 0 amide bonds. The Morgan fingerprint density at radius 2 is 1.59 bits per heavy atom. The second-order valence-electron chi connectivity index (χ2n) is 4.38. The second-order valence-corrected chi connectivity index (χ2v) is 5.29. The molecule has 2 aromatic rings. The summed E-state index contributed by atoms with van der Waals surface area (Å²) in [6, 6.07) is 13.9. The van der Waals surface area contributed by atoms with Crippen LogP contribution in [0.3, 0.4) is 0 Å². The van der Waals surface area contributed by atoms with Crippen LogP contribution in [-0.4, -0.2) is 5.11 Å². The Morgan fingerprint density at radius 1 is 0.941 bits per heavy atom. The van der Waals surface area contributed by atoms with Crippen LogP contribution in [0.5, 0.6) is 0 Å². The average molecular weight is 291 g/mol. The Balaban J connectivity index is 2.39. The van der Waals surface area contributed by atoms with Crippen LogP contribution in [0.2, 0.25) is 0 Å². The Morgan fingerprint density at radius 3 is 2.18 bits per heavy atom. The fraction of sp³-hybridized carbons (Fsp3) is 0.200. The van der Waals surface area contributed by atoms with Crippen molar-refractivity contribution in [3.63, 3.8) is 0 Å². The van der Waals surface area contributed by atoms with Crippen molar-refractivity contribution in [2.45, 2.75) is 20.0 Å². The van der Waals surface area contributed by atoms with E-state index in [1.807, 2.05) is 50.2 Å². The maximum Gasteiger partial charge on any atom is 0.104 e. The zero-order valence-corrected chi connectivity index (χ0v) is 11.5. The fourth-order valence-corrected chi connectivity index (χ4v) is 2.45. The molecule has 0 bridgehead atoms. The number of rotatable bonds is 2. The molecule has 0 heterocycles. The Labute approximate surface area is 110 Å². The zero-order chi connectivity index (χ0) is 12.4. The quantitative estimate of drug-likeness (QED) is 0.881. The monoisotopic (exact) mass is 290 g/mol. The van der Waals surface area contributed by atoms with Crippen molar-refractivity contribution < 1.29 is 5.11 Å². The number of hydrogen-bond acceptors (Lipinski definition) is 1. The minimum atomic E-state index is -0.564. The van der Waals surface area contributed by atoms with E-state index in [1.54, 1.807) is 0 Å². The molecule has 0 radical (unpaired) electrons. The summed E-state index contributed by atoms with van der Waals surface area (Å²) in [6.07, 6.45) is -0.564. The Hall–Kier alpha value is -1.12. The van der Waals surface area contributed by atoms with E-state index in [0.717, 1.165) is 15.6 Å². The van der Waals surface area contributed by atoms with Gasteiger partial charge in [0, 0.05) is 4.47 Å². The Bertz CT molecular complexity index is 514. The molecule has 0 spiro atoms. The van der Waals surface area contributed by atoms with Crippen LogP contribution in [0, 0.1) is 13.8 Å². The van der Waals surface area contributed by atoms with E-state index in [4.69, 9.17) is 0 Å². The van der Waals surface area contributed by atoms with E-state index < -0.39 is 6.10 Å². The van der Waals surface area contributed by atoms with E-state index in [0.29, 0.717) is 0 Å². The molecule has 0 saturated carbocycles. The standard InChI is InChI=1S/C15H15BrO/c1-10-6-11(2)8-13(7-10)15(17)12-4-3-5-14(16)9-12/h3-9,15,17H,1-2H3/t15-/m1/s1. The van der Waals surface area contributed by atoms with Crippen molar-refractivity contribution in [2.75, 3.05) is 0 Å². The van der Waals surface area contributed by atoms with E-state index in [9.17, 15) is 5.11 Å². The SMILES string of the molecule is Cc1cc(C)cc([C@H](O)c2cccc(Br)c2)c1. The van der Waals surface area contributed by atoms with Crippen LogP contribution >= 0.6 is 15.9 Å². The van der Waals surface area contributed by atoms with Crippen molar-refractivity contribution >= 4 is 15.9 Å². The van der Waals surface area contributed by atoms with Crippen LogP contribution < -0.4 is 0 Å². The van der Waals surface area contributed by atoms with Gasteiger partial charge in [-0.2, -0.15) is 0 Å². The molecular formula is C15H15BrO. The molecular weight excluding hydrogens is 276 g/mol. The molecule has 2 aromatic carbocycles. The molecule has 1 nitrogen and oxygen atoms in total. The normalized spacial score (nSPS) is 12.5. The molecule has 0 unspecified atom stereocenters. The lowest BCUT2D eigenvalue weighted by Gasteiger charge is -2.13. The van der Waals surface area contributed by atoms with E-state index >= 15 is 0 Å². The van der Waals surface area contributed by atoms with Crippen LogP contribution in [0.4, 0.5) is 0 Å². The fourth-order valence-electron chi connectivity index (χ4n) is 2.04. The van der Waals surface area contributed by atoms with Crippen molar-refractivity contribution in [1.29, 1.82) is 0 Å². The van der Waals surface area contributed by atoms with Gasteiger partial charge in [-0.15, -0.1) is 0 Å². The first kappa shape index (κ1) is 12.3. The third-order valence-electron chi connectivity index (χ3n) is 2.72. The number of aryl methyl sites for hydroxylation is 2. The van der Waals surface area contributed by atoms with E-state index in [-0.39, 0.29) is 0 Å². The van der Waals surface area contributed by atoms with Crippen LogP contribution in [0.1, 0.15) is 28.4 Å². The molecule has 1 N–H and O–H groups in total. The van der Waals surface area contributed by atoms with Gasteiger partial charge in [0.1, 0.15) is 6.10 Å². The molecule has 0 saturated heterocycles. The van der Waals surface area contributed by atoms with Gasteiger partial charge in [0.25, 0.3) is 0 Å². The van der Waals surface area contributed by atoms with Gasteiger partial charge in [0.2, 0.25) is 0 Å². The van der Waals surface area contributed by atoms with Crippen molar-refractivity contribution in [1.82, 2.24) is 0 Å². The van der Waals surface area contributed by atoms with E-state index in [2.05, 4.69) is 22.0 Å². The van der Waals surface area contributed by atoms with Crippen molar-refractivity contribution in [2.24, 2.45) is 0 Å². The molecule has 0 aliphatic rings. The highest BCUT2D eigenvalue weighted by molar-refractivity contribution is 9.10. The van der Waals surface area contributed by atoms with Gasteiger partial charge < -0.3 is 5.11 Å². The predicted molar refractivity (Wildman–Crippen MR) is 74.1 cm³/mol. The molecule has 2 heteroatoms. The lowest BCUT2D eigenvalue weighted by atomic mass is 9.98. The van der Waals surface area contributed by atoms with Gasteiger partial charge in [0.15, 0.2) is 0 Å². The van der Waals surface area contributed by atoms with Crippen LogP contribution in [-0.2, 0) is 0 Å². The minimum absolute atomic E-state index is 0.564. The summed E-state index contributed by atoms with van der Waals surface area (Å²) >= 11 is 3.42. The third kappa shape index (κ3) is 2.96. The number of benzene rings is 2. The van der Waals surface area contributed by atoms with Gasteiger partial charge in [-0.1, -0.05) is 57.4 Å². The van der Waals surface area contributed by atoms with Gasteiger partial charge in [-0.05, 0) is 37.1 Å². The summed E-state index contributed by atoms with van der Waals surface area (Å²) in [4.78, 5) is 0. The Kier molecular flexibility index (Phi) is 3.65. The van der Waals surface area contributed by atoms with Crippen LogP contribution in [0.15, 0.2) is 46.9 Å². The van der Waals surface area contributed by atoms with Gasteiger partial charge in [0.05, 0.1) is 0 Å². The summed E-state index contributed by atoms with van der Waals surface area (Å²) in [7, 11) is 0. The predicted octanol–water partition coefficient (Wildman–Crippen LogP) is 4.15. The number of halogens is 1. The summed E-state index contributed by atoms with van der Waals surface area (Å²) in [6.45, 7) is 4.09. The highest BCUT2D eigenvalue weighted by Crippen LogP contribution is 2.25. The third-order valence-corrected chi connectivity index (χ3v) is 3.22. The summed E-state index contributed by atoms with van der Waals surface area (Å²) < 4.78 is 0.985. The van der Waals surface area contributed by atoms with Gasteiger partial charge in [-0.3, -0.25) is 0 Å². The summed E-state index contributed by atoms with van der Waals surface area (Å²) in [5.41, 5.74) is 4.20. The minimum Gasteiger partial charge on any atom is -0.384 e. The molecule has 88 valence electrons. The molecule has 0 aliphatic heterocycles. The highest BCUT2D eigenvalue weighted by atomic mass is 79.9. The number of aliphatic hydroxyl groups is 1. The van der Waals surface area contributed by atoms with E-state index in [1.165, 1.54) is 11.1 Å². The molecule has 0 fully saturated rings. The molecule has 2 rings (SSSR count). The molecule has 1 atom stereocenters. The first-order valence-electron chi connectivity index (χ1n) is 5.58. The topological polar surface area (TPSA) is 20.2 Å². The molecule has 0 aromatic heterocycles. The highest BCUT2D eigenvalue weighted by Gasteiger charge is 2.11. The zero-order valence-electron chi connectivity index (χ0n) is 9.94. The summed E-state index contributed by atoms with van der Waals surface area (Å²) in [5, 5.41) is 10.3. The van der Waals surface area contributed by atoms with Crippen molar-refractivity contribution in [3.8, 4) is 0 Å². The lowest BCUT2D eigenvalue weighted by Crippen LogP contribution is -2.00.